The molecule has 0 aromatic carbocycles. The number of thioether (sulfide) groups is 2. The third-order valence-electron chi connectivity index (χ3n) is 2.33. The van der Waals surface area contributed by atoms with Gasteiger partial charge in [0.2, 0.25) is 0 Å². The molecule has 0 saturated carbocycles. The molecule has 1 rings (SSSR count). The molecule has 0 radical (unpaired) electrons. The Morgan fingerprint density at radius 1 is 1.50 bits per heavy atom. The molecule has 0 aliphatic carbocycles. The zero-order valence-corrected chi connectivity index (χ0v) is 10.8. The first-order chi connectivity index (χ1) is 6.83. The minimum atomic E-state index is 0.586. The van der Waals surface area contributed by atoms with E-state index in [1.54, 1.807) is 7.11 Å². The van der Waals surface area contributed by atoms with Gasteiger partial charge in [-0.15, -0.1) is 0 Å². The second-order valence-corrected chi connectivity index (χ2v) is 6.22. The molecule has 1 saturated heterocycles. The molecule has 1 aliphatic heterocycles. The zero-order valence-electron chi connectivity index (χ0n) is 9.12. The highest BCUT2D eigenvalue weighted by Gasteiger charge is 2.14. The lowest BCUT2D eigenvalue weighted by Gasteiger charge is -2.23. The van der Waals surface area contributed by atoms with Gasteiger partial charge in [-0.25, -0.2) is 0 Å². The summed E-state index contributed by atoms with van der Waals surface area (Å²) >= 11 is 4.20. The Bertz CT molecular complexity index is 140. The van der Waals surface area contributed by atoms with Crippen LogP contribution in [0.5, 0.6) is 0 Å². The van der Waals surface area contributed by atoms with Crippen molar-refractivity contribution in [1.29, 1.82) is 0 Å². The molecule has 1 fully saturated rings. The van der Waals surface area contributed by atoms with Crippen LogP contribution in [-0.4, -0.2) is 48.8 Å². The third-order valence-corrected chi connectivity index (χ3v) is 5.18. The van der Waals surface area contributed by atoms with Crippen molar-refractivity contribution in [2.24, 2.45) is 0 Å². The van der Waals surface area contributed by atoms with Crippen LogP contribution in [-0.2, 0) is 4.74 Å². The van der Waals surface area contributed by atoms with Gasteiger partial charge < -0.3 is 10.1 Å². The van der Waals surface area contributed by atoms with Crippen LogP contribution in [0.25, 0.3) is 0 Å². The average molecular weight is 235 g/mol. The molecular weight excluding hydrogens is 214 g/mol. The van der Waals surface area contributed by atoms with Crippen LogP contribution in [0.4, 0.5) is 0 Å². The summed E-state index contributed by atoms with van der Waals surface area (Å²) in [5, 5.41) is 4.39. The second-order valence-electron chi connectivity index (χ2n) is 3.66. The van der Waals surface area contributed by atoms with Gasteiger partial charge in [-0.05, 0) is 13.3 Å². The van der Waals surface area contributed by atoms with Crippen LogP contribution >= 0.6 is 23.5 Å². The van der Waals surface area contributed by atoms with Crippen LogP contribution in [0, 0.1) is 0 Å². The molecule has 0 amide bonds. The first-order valence-electron chi connectivity index (χ1n) is 5.24. The topological polar surface area (TPSA) is 21.3 Å². The van der Waals surface area contributed by atoms with Crippen molar-refractivity contribution < 1.29 is 4.74 Å². The Morgan fingerprint density at radius 3 is 3.00 bits per heavy atom. The van der Waals surface area contributed by atoms with E-state index in [1.165, 1.54) is 17.3 Å². The number of hydrogen-bond donors (Lipinski definition) is 1. The smallest absolute Gasteiger partial charge is 0.0476 e. The highest BCUT2D eigenvalue weighted by molar-refractivity contribution is 8.06. The van der Waals surface area contributed by atoms with Gasteiger partial charge in [0.15, 0.2) is 0 Å². The Labute approximate surface area is 95.9 Å². The van der Waals surface area contributed by atoms with Crippen LogP contribution in [0.3, 0.4) is 0 Å². The summed E-state index contributed by atoms with van der Waals surface area (Å²) in [5.41, 5.74) is 0. The van der Waals surface area contributed by atoms with Crippen molar-refractivity contribution in [2.45, 2.75) is 24.6 Å². The Morgan fingerprint density at radius 2 is 2.36 bits per heavy atom. The lowest BCUT2D eigenvalue weighted by Crippen LogP contribution is -2.35. The van der Waals surface area contributed by atoms with Gasteiger partial charge in [0.05, 0.1) is 0 Å². The van der Waals surface area contributed by atoms with E-state index < -0.39 is 0 Å². The van der Waals surface area contributed by atoms with Crippen molar-refractivity contribution in [2.75, 3.05) is 37.5 Å². The summed E-state index contributed by atoms with van der Waals surface area (Å²) in [5.74, 6) is 3.97. The van der Waals surface area contributed by atoms with Gasteiger partial charge in [0.1, 0.15) is 0 Å². The fourth-order valence-electron chi connectivity index (χ4n) is 1.38. The van der Waals surface area contributed by atoms with E-state index in [9.17, 15) is 0 Å². The molecule has 0 spiro atoms. The SMILES string of the molecule is COCCC(C)NCC1CSCCS1. The average Bonchev–Trinajstić information content (AvgIpc) is 2.25. The van der Waals surface area contributed by atoms with Crippen LogP contribution in [0.2, 0.25) is 0 Å². The maximum atomic E-state index is 5.05. The maximum absolute atomic E-state index is 5.05. The van der Waals surface area contributed by atoms with Crippen molar-refractivity contribution >= 4 is 23.5 Å². The third kappa shape index (κ3) is 5.49. The van der Waals surface area contributed by atoms with Gasteiger partial charge in [0, 0.05) is 48.8 Å². The Balaban J connectivity index is 2.00. The molecule has 1 N–H and O–H groups in total. The number of hydrogen-bond acceptors (Lipinski definition) is 4. The van der Waals surface area contributed by atoms with Crippen LogP contribution < -0.4 is 5.32 Å². The largest absolute Gasteiger partial charge is 0.385 e. The normalized spacial score (nSPS) is 24.9. The maximum Gasteiger partial charge on any atom is 0.0476 e. The van der Waals surface area contributed by atoms with Crippen molar-refractivity contribution in [3.8, 4) is 0 Å². The van der Waals surface area contributed by atoms with Crippen molar-refractivity contribution in [3.63, 3.8) is 0 Å². The minimum Gasteiger partial charge on any atom is -0.385 e. The molecule has 1 heterocycles. The Hall–Kier alpha value is 0.620. The quantitative estimate of drug-likeness (QED) is 0.758. The standard InChI is InChI=1S/C10H21NOS2/c1-9(3-4-12-2)11-7-10-8-13-5-6-14-10/h9-11H,3-8H2,1-2H3. The molecule has 2 atom stereocenters. The van der Waals surface area contributed by atoms with E-state index in [1.807, 2.05) is 0 Å². The van der Waals surface area contributed by atoms with Gasteiger partial charge in [-0.1, -0.05) is 0 Å². The fraction of sp³-hybridized carbons (Fsp3) is 1.00. The summed E-state index contributed by atoms with van der Waals surface area (Å²) in [4.78, 5) is 0. The van der Waals surface area contributed by atoms with Gasteiger partial charge in [0.25, 0.3) is 0 Å². The molecule has 84 valence electrons. The second kappa shape index (κ2) is 7.85. The van der Waals surface area contributed by atoms with E-state index in [0.29, 0.717) is 6.04 Å². The van der Waals surface area contributed by atoms with E-state index in [2.05, 4.69) is 35.8 Å². The molecule has 0 aromatic rings. The predicted octanol–water partition coefficient (Wildman–Crippen LogP) is 1.85. The van der Waals surface area contributed by atoms with E-state index in [-0.39, 0.29) is 0 Å². The number of nitrogens with one attached hydrogen (secondary N) is 1. The van der Waals surface area contributed by atoms with Crippen molar-refractivity contribution in [1.82, 2.24) is 5.32 Å². The molecule has 1 aliphatic rings. The van der Waals surface area contributed by atoms with Crippen LogP contribution in [0.1, 0.15) is 13.3 Å². The highest BCUT2D eigenvalue weighted by Crippen LogP contribution is 2.23. The molecule has 14 heavy (non-hydrogen) atoms. The first-order valence-corrected chi connectivity index (χ1v) is 7.45. The first kappa shape index (κ1) is 12.7. The zero-order chi connectivity index (χ0) is 10.2. The lowest BCUT2D eigenvalue weighted by molar-refractivity contribution is 0.185. The molecule has 2 unspecified atom stereocenters. The van der Waals surface area contributed by atoms with Gasteiger partial charge in [-0.3, -0.25) is 0 Å². The summed E-state index contributed by atoms with van der Waals surface area (Å²) in [6, 6.07) is 0.586. The fourth-order valence-corrected chi connectivity index (χ4v) is 4.01. The molecular formula is C10H21NOS2. The van der Waals surface area contributed by atoms with Gasteiger partial charge in [-0.2, -0.15) is 23.5 Å². The molecule has 4 heteroatoms. The molecule has 2 nitrogen and oxygen atoms in total. The Kier molecular flexibility index (Phi) is 7.12. The van der Waals surface area contributed by atoms with Gasteiger partial charge >= 0.3 is 0 Å². The molecule has 0 bridgehead atoms. The number of rotatable bonds is 6. The lowest BCUT2D eigenvalue weighted by atomic mass is 10.2. The summed E-state index contributed by atoms with van der Waals surface area (Å²) in [6.45, 7) is 4.25. The summed E-state index contributed by atoms with van der Waals surface area (Å²) in [7, 11) is 1.76. The number of methoxy groups -OCH3 is 1. The predicted molar refractivity (Wildman–Crippen MR) is 67.5 cm³/mol. The summed E-state index contributed by atoms with van der Waals surface area (Å²) in [6.07, 6.45) is 1.11. The monoisotopic (exact) mass is 235 g/mol. The van der Waals surface area contributed by atoms with E-state index in [0.717, 1.165) is 24.8 Å². The highest BCUT2D eigenvalue weighted by atomic mass is 32.2. The van der Waals surface area contributed by atoms with E-state index >= 15 is 0 Å². The summed E-state index contributed by atoms with van der Waals surface area (Å²) < 4.78 is 5.05. The minimum absolute atomic E-state index is 0.586. The van der Waals surface area contributed by atoms with Crippen LogP contribution in [0.15, 0.2) is 0 Å². The van der Waals surface area contributed by atoms with E-state index in [4.69, 9.17) is 4.74 Å². The number of ether oxygens (including phenoxy) is 1. The van der Waals surface area contributed by atoms with Crippen molar-refractivity contribution in [3.05, 3.63) is 0 Å². The molecule has 0 aromatic heterocycles.